The molecule has 1 aliphatic rings. The van der Waals surface area contributed by atoms with Crippen molar-refractivity contribution in [1.29, 1.82) is 0 Å². The summed E-state index contributed by atoms with van der Waals surface area (Å²) in [4.78, 5) is 29.3. The van der Waals surface area contributed by atoms with E-state index in [0.29, 0.717) is 5.75 Å². The largest absolute Gasteiger partial charge is 0.319 e. The lowest BCUT2D eigenvalue weighted by Gasteiger charge is -2.24. The quantitative estimate of drug-likeness (QED) is 0.771. The van der Waals surface area contributed by atoms with Gasteiger partial charge < -0.3 is 4.57 Å². The minimum atomic E-state index is -0.243. The van der Waals surface area contributed by atoms with E-state index in [2.05, 4.69) is 10.4 Å². The van der Waals surface area contributed by atoms with Gasteiger partial charge in [0.1, 0.15) is 17.7 Å². The van der Waals surface area contributed by atoms with E-state index in [1.165, 1.54) is 16.8 Å². The predicted molar refractivity (Wildman–Crippen MR) is 101 cm³/mol. The lowest BCUT2D eigenvalue weighted by Crippen LogP contribution is -2.45. The zero-order chi connectivity index (χ0) is 18.1. The number of imidazole rings is 1. The summed E-state index contributed by atoms with van der Waals surface area (Å²) in [6, 6.07) is 17.4. The number of carbonyl (C=O) groups excluding carboxylic acids is 2. The van der Waals surface area contributed by atoms with Crippen LogP contribution in [0.15, 0.2) is 54.6 Å². The average Bonchev–Trinajstić information content (AvgIpc) is 3.16. The summed E-state index contributed by atoms with van der Waals surface area (Å²) in [5.41, 5.74) is 5.54. The summed E-state index contributed by atoms with van der Waals surface area (Å²) in [6.07, 6.45) is 0. The lowest BCUT2D eigenvalue weighted by atomic mass is 10.2. The van der Waals surface area contributed by atoms with Crippen LogP contribution in [0.1, 0.15) is 16.8 Å². The van der Waals surface area contributed by atoms with Crippen molar-refractivity contribution in [3.63, 3.8) is 0 Å². The monoisotopic (exact) mass is 366 g/mol. The Hall–Kier alpha value is -2.80. The number of amides is 2. The minimum Gasteiger partial charge on any atom is -0.319 e. The van der Waals surface area contributed by atoms with E-state index < -0.39 is 0 Å². The smallest absolute Gasteiger partial charge is 0.258 e. The van der Waals surface area contributed by atoms with Crippen LogP contribution < -0.4 is 5.43 Å². The molecular weight excluding hydrogens is 348 g/mol. The molecule has 1 aromatic heterocycles. The summed E-state index contributed by atoms with van der Waals surface area (Å²) in [7, 11) is 0. The fraction of sp³-hybridized carbons (Fsp3) is 0.211. The molecule has 0 bridgehead atoms. The first-order chi connectivity index (χ1) is 12.6. The maximum atomic E-state index is 12.6. The van der Waals surface area contributed by atoms with Gasteiger partial charge in [-0.15, -0.1) is 11.8 Å². The molecule has 1 fully saturated rings. The number of carbonyl (C=O) groups is 2. The second-order valence-corrected chi connectivity index (χ2v) is 7.18. The second kappa shape index (κ2) is 6.84. The maximum Gasteiger partial charge on any atom is 0.258 e. The molecule has 2 heterocycles. The van der Waals surface area contributed by atoms with Gasteiger partial charge in [0.15, 0.2) is 0 Å². The molecule has 0 spiro atoms. The predicted octanol–water partition coefficient (Wildman–Crippen LogP) is 2.65. The molecule has 2 aromatic carbocycles. The molecule has 1 unspecified atom stereocenters. The first-order valence-corrected chi connectivity index (χ1v) is 9.38. The first-order valence-electron chi connectivity index (χ1n) is 8.33. The van der Waals surface area contributed by atoms with Crippen molar-refractivity contribution in [2.24, 2.45) is 0 Å². The van der Waals surface area contributed by atoms with E-state index in [-0.39, 0.29) is 23.7 Å². The summed E-state index contributed by atoms with van der Waals surface area (Å²) in [6.45, 7) is 1.99. The number of rotatable bonds is 4. The van der Waals surface area contributed by atoms with Gasteiger partial charge in [0, 0.05) is 0 Å². The number of para-hydroxylation sites is 2. The Morgan fingerprint density at radius 2 is 1.92 bits per heavy atom. The Morgan fingerprint density at radius 3 is 2.73 bits per heavy atom. The molecular formula is C19H18N4O2S. The molecule has 132 valence electrons. The molecule has 0 aliphatic carbocycles. The van der Waals surface area contributed by atoms with Crippen molar-refractivity contribution < 1.29 is 9.59 Å². The maximum absolute atomic E-state index is 12.6. The van der Waals surface area contributed by atoms with Gasteiger partial charge in [0.05, 0.1) is 16.8 Å². The number of aryl methyl sites for hydroxylation is 1. The third-order valence-corrected chi connectivity index (χ3v) is 5.56. The van der Waals surface area contributed by atoms with E-state index in [9.17, 15) is 9.59 Å². The number of fused-ring (bicyclic) bond motifs is 1. The first kappa shape index (κ1) is 16.7. The topological polar surface area (TPSA) is 67.2 Å². The highest BCUT2D eigenvalue weighted by Crippen LogP contribution is 2.37. The Morgan fingerprint density at radius 1 is 1.19 bits per heavy atom. The fourth-order valence-corrected chi connectivity index (χ4v) is 4.23. The van der Waals surface area contributed by atoms with Gasteiger partial charge in [-0.05, 0) is 24.6 Å². The van der Waals surface area contributed by atoms with E-state index in [1.54, 1.807) is 0 Å². The molecule has 26 heavy (non-hydrogen) atoms. The molecule has 4 rings (SSSR count). The van der Waals surface area contributed by atoms with Crippen LogP contribution in [0.2, 0.25) is 0 Å². The normalized spacial score (nSPS) is 17.0. The van der Waals surface area contributed by atoms with Gasteiger partial charge in [0.25, 0.3) is 11.8 Å². The van der Waals surface area contributed by atoms with Crippen LogP contribution in [0.4, 0.5) is 0 Å². The molecule has 2 amide bonds. The van der Waals surface area contributed by atoms with Crippen LogP contribution in [0, 0.1) is 6.92 Å². The number of hydrazine groups is 1. The van der Waals surface area contributed by atoms with Crippen molar-refractivity contribution in [3.05, 3.63) is 66.0 Å². The van der Waals surface area contributed by atoms with Gasteiger partial charge in [-0.25, -0.2) is 9.99 Å². The fourth-order valence-electron chi connectivity index (χ4n) is 3.12. The highest BCUT2D eigenvalue weighted by Gasteiger charge is 2.34. The van der Waals surface area contributed by atoms with E-state index in [1.807, 2.05) is 66.1 Å². The Bertz CT molecular complexity index is 970. The molecule has 7 heteroatoms. The number of aromatic nitrogens is 2. The van der Waals surface area contributed by atoms with Crippen molar-refractivity contribution in [3.8, 4) is 0 Å². The summed E-state index contributed by atoms with van der Waals surface area (Å²) in [5.74, 6) is 0.785. The van der Waals surface area contributed by atoms with E-state index in [4.69, 9.17) is 0 Å². The number of benzene rings is 2. The third kappa shape index (κ3) is 3.06. The lowest BCUT2D eigenvalue weighted by molar-refractivity contribution is -0.139. The number of hydrogen-bond donors (Lipinski definition) is 1. The molecule has 1 aliphatic heterocycles. The zero-order valence-corrected chi connectivity index (χ0v) is 15.1. The van der Waals surface area contributed by atoms with Crippen molar-refractivity contribution >= 4 is 34.6 Å². The third-order valence-electron chi connectivity index (χ3n) is 4.34. The number of nitrogens with one attached hydrogen (secondary N) is 1. The standard InChI is InChI=1S/C19H18N4O2S/c1-13-20-15-9-5-6-10-16(15)22(13)11-17(24)21-23-18(25)12-26-19(23)14-7-3-2-4-8-14/h2-10,19H,11-12H2,1H3,(H,21,24). The van der Waals surface area contributed by atoms with Gasteiger partial charge in [0.2, 0.25) is 0 Å². The van der Waals surface area contributed by atoms with Crippen LogP contribution >= 0.6 is 11.8 Å². The average molecular weight is 366 g/mol. The van der Waals surface area contributed by atoms with Gasteiger partial charge >= 0.3 is 0 Å². The molecule has 1 saturated heterocycles. The number of thioether (sulfide) groups is 1. The Kier molecular flexibility index (Phi) is 4.38. The number of nitrogens with zero attached hydrogens (tertiary/aromatic N) is 3. The molecule has 1 atom stereocenters. The summed E-state index contributed by atoms with van der Waals surface area (Å²) >= 11 is 1.51. The number of hydrogen-bond acceptors (Lipinski definition) is 4. The highest BCUT2D eigenvalue weighted by molar-refractivity contribution is 8.00. The summed E-state index contributed by atoms with van der Waals surface area (Å²) < 4.78 is 1.86. The molecule has 0 saturated carbocycles. The SMILES string of the molecule is Cc1nc2ccccc2n1CC(=O)NN1C(=O)CSC1c1ccccc1. The van der Waals surface area contributed by atoms with Crippen LogP contribution in [-0.2, 0) is 16.1 Å². The van der Waals surface area contributed by atoms with Gasteiger partial charge in [-0.3, -0.25) is 15.0 Å². The Balaban J connectivity index is 1.53. The highest BCUT2D eigenvalue weighted by atomic mass is 32.2. The van der Waals surface area contributed by atoms with Crippen LogP contribution in [0.5, 0.6) is 0 Å². The minimum absolute atomic E-state index is 0.0931. The Labute approximate surface area is 155 Å². The van der Waals surface area contributed by atoms with Crippen LogP contribution in [-0.4, -0.2) is 32.1 Å². The van der Waals surface area contributed by atoms with Crippen LogP contribution in [0.25, 0.3) is 11.0 Å². The molecule has 1 N–H and O–H groups in total. The summed E-state index contributed by atoms with van der Waals surface area (Å²) in [5, 5.41) is 1.24. The van der Waals surface area contributed by atoms with Gasteiger partial charge in [-0.1, -0.05) is 42.5 Å². The molecule has 0 radical (unpaired) electrons. The zero-order valence-electron chi connectivity index (χ0n) is 14.3. The van der Waals surface area contributed by atoms with Crippen molar-refractivity contribution in [2.45, 2.75) is 18.8 Å². The van der Waals surface area contributed by atoms with Crippen molar-refractivity contribution in [1.82, 2.24) is 20.0 Å². The van der Waals surface area contributed by atoms with Crippen molar-refractivity contribution in [2.75, 3.05) is 5.75 Å². The molecule has 6 nitrogen and oxygen atoms in total. The van der Waals surface area contributed by atoms with Gasteiger partial charge in [-0.2, -0.15) is 0 Å². The van der Waals surface area contributed by atoms with E-state index >= 15 is 0 Å². The second-order valence-electron chi connectivity index (χ2n) is 6.11. The van der Waals surface area contributed by atoms with E-state index in [0.717, 1.165) is 22.4 Å². The van der Waals surface area contributed by atoms with Crippen LogP contribution in [0.3, 0.4) is 0 Å². The molecule has 3 aromatic rings.